The highest BCUT2D eigenvalue weighted by molar-refractivity contribution is 6.32. The first-order chi connectivity index (χ1) is 10.1. The third-order valence-electron chi connectivity index (χ3n) is 3.86. The Morgan fingerprint density at radius 3 is 2.95 bits per heavy atom. The Morgan fingerprint density at radius 2 is 2.14 bits per heavy atom. The standard InChI is InChI=1S/C17H26ClNO2/c1-14-5-6-16(18)17(12-14)21-11-10-20-9-8-19-7-3-4-15(2)13-19/h5-6,12,15H,3-4,7-11,13H2,1-2H3/t15-/m0/s1. The zero-order valence-corrected chi connectivity index (χ0v) is 13.9. The van der Waals surface area contributed by atoms with Gasteiger partial charge in [-0.25, -0.2) is 0 Å². The second kappa shape index (κ2) is 8.62. The predicted molar refractivity (Wildman–Crippen MR) is 87.3 cm³/mol. The third kappa shape index (κ3) is 5.85. The molecule has 0 amide bonds. The van der Waals surface area contributed by atoms with E-state index in [1.807, 2.05) is 25.1 Å². The van der Waals surface area contributed by atoms with Crippen molar-refractivity contribution in [3.8, 4) is 5.75 Å². The van der Waals surface area contributed by atoms with E-state index in [1.165, 1.54) is 25.9 Å². The minimum atomic E-state index is 0.541. The van der Waals surface area contributed by atoms with Gasteiger partial charge in [-0.2, -0.15) is 0 Å². The summed E-state index contributed by atoms with van der Waals surface area (Å²) in [6.45, 7) is 9.72. The summed E-state index contributed by atoms with van der Waals surface area (Å²) in [5.74, 6) is 1.57. The van der Waals surface area contributed by atoms with Crippen LogP contribution in [0.3, 0.4) is 0 Å². The molecule has 1 heterocycles. The van der Waals surface area contributed by atoms with Crippen LogP contribution in [0.1, 0.15) is 25.3 Å². The number of likely N-dealkylation sites (tertiary alicyclic amines) is 1. The number of ether oxygens (including phenoxy) is 2. The molecule has 1 aromatic rings. The lowest BCUT2D eigenvalue weighted by atomic mass is 10.0. The van der Waals surface area contributed by atoms with E-state index in [0.717, 1.165) is 30.4 Å². The second-order valence-electron chi connectivity index (χ2n) is 5.94. The zero-order chi connectivity index (χ0) is 15.1. The van der Waals surface area contributed by atoms with E-state index in [2.05, 4.69) is 11.8 Å². The largest absolute Gasteiger partial charge is 0.490 e. The van der Waals surface area contributed by atoms with E-state index in [-0.39, 0.29) is 0 Å². The lowest BCUT2D eigenvalue weighted by Crippen LogP contribution is -2.36. The summed E-state index contributed by atoms with van der Waals surface area (Å²) in [4.78, 5) is 2.49. The number of rotatable bonds is 7. The van der Waals surface area contributed by atoms with E-state index in [9.17, 15) is 0 Å². The van der Waals surface area contributed by atoms with Crippen molar-refractivity contribution in [1.29, 1.82) is 0 Å². The third-order valence-corrected chi connectivity index (χ3v) is 4.18. The van der Waals surface area contributed by atoms with Crippen molar-refractivity contribution in [1.82, 2.24) is 4.90 Å². The fraction of sp³-hybridized carbons (Fsp3) is 0.647. The molecule has 118 valence electrons. The summed E-state index contributed by atoms with van der Waals surface area (Å²) >= 11 is 6.08. The summed E-state index contributed by atoms with van der Waals surface area (Å²) in [6.07, 6.45) is 2.68. The van der Waals surface area contributed by atoms with Crippen molar-refractivity contribution in [2.75, 3.05) is 39.5 Å². The SMILES string of the molecule is Cc1ccc(Cl)c(OCCOCCN2CCC[C@H](C)C2)c1. The van der Waals surface area contributed by atoms with E-state index < -0.39 is 0 Å². The molecular weight excluding hydrogens is 286 g/mol. The van der Waals surface area contributed by atoms with Crippen LogP contribution in [0.2, 0.25) is 5.02 Å². The average Bonchev–Trinajstić information content (AvgIpc) is 2.46. The number of halogens is 1. The fourth-order valence-corrected chi connectivity index (χ4v) is 2.89. The van der Waals surface area contributed by atoms with Gasteiger partial charge < -0.3 is 14.4 Å². The average molecular weight is 312 g/mol. The molecule has 1 atom stereocenters. The van der Waals surface area contributed by atoms with Gasteiger partial charge in [-0.1, -0.05) is 24.6 Å². The highest BCUT2D eigenvalue weighted by atomic mass is 35.5. The number of piperidine rings is 1. The number of hydrogen-bond donors (Lipinski definition) is 0. The maximum Gasteiger partial charge on any atom is 0.138 e. The molecule has 21 heavy (non-hydrogen) atoms. The molecule has 1 aliphatic heterocycles. The van der Waals surface area contributed by atoms with Gasteiger partial charge in [0.2, 0.25) is 0 Å². The summed E-state index contributed by atoms with van der Waals surface area (Å²) < 4.78 is 11.3. The molecule has 0 N–H and O–H groups in total. The molecule has 1 aliphatic rings. The summed E-state index contributed by atoms with van der Waals surface area (Å²) in [7, 11) is 0. The number of hydrogen-bond acceptors (Lipinski definition) is 3. The Balaban J connectivity index is 1.56. The summed E-state index contributed by atoms with van der Waals surface area (Å²) in [5.41, 5.74) is 1.15. The van der Waals surface area contributed by atoms with Crippen LogP contribution < -0.4 is 4.74 Å². The summed E-state index contributed by atoms with van der Waals surface area (Å²) in [6, 6.07) is 5.80. The first kappa shape index (κ1) is 16.6. The Kier molecular flexibility index (Phi) is 6.81. The molecule has 1 fully saturated rings. The lowest BCUT2D eigenvalue weighted by Gasteiger charge is -2.30. The van der Waals surface area contributed by atoms with Gasteiger partial charge in [0.05, 0.1) is 18.2 Å². The first-order valence-electron chi connectivity index (χ1n) is 7.84. The van der Waals surface area contributed by atoms with Gasteiger partial charge in [0, 0.05) is 13.1 Å². The summed E-state index contributed by atoms with van der Waals surface area (Å²) in [5, 5.41) is 0.655. The second-order valence-corrected chi connectivity index (χ2v) is 6.35. The molecule has 0 radical (unpaired) electrons. The Morgan fingerprint density at radius 1 is 1.29 bits per heavy atom. The monoisotopic (exact) mass is 311 g/mol. The lowest BCUT2D eigenvalue weighted by molar-refractivity contribution is 0.0689. The molecule has 2 rings (SSSR count). The highest BCUT2D eigenvalue weighted by Crippen LogP contribution is 2.25. The molecule has 0 unspecified atom stereocenters. The van der Waals surface area contributed by atoms with E-state index in [4.69, 9.17) is 21.1 Å². The van der Waals surface area contributed by atoms with E-state index in [1.54, 1.807) is 0 Å². The minimum absolute atomic E-state index is 0.541. The van der Waals surface area contributed by atoms with Crippen molar-refractivity contribution in [2.45, 2.75) is 26.7 Å². The molecule has 0 aromatic heterocycles. The maximum absolute atomic E-state index is 6.08. The molecule has 0 saturated carbocycles. The van der Waals surface area contributed by atoms with Crippen LogP contribution in [-0.2, 0) is 4.74 Å². The zero-order valence-electron chi connectivity index (χ0n) is 13.1. The van der Waals surface area contributed by atoms with Gasteiger partial charge in [-0.3, -0.25) is 0 Å². The van der Waals surface area contributed by atoms with Crippen LogP contribution in [0.25, 0.3) is 0 Å². The van der Waals surface area contributed by atoms with Gasteiger partial charge in [0.25, 0.3) is 0 Å². The number of benzene rings is 1. The van der Waals surface area contributed by atoms with Gasteiger partial charge in [0.1, 0.15) is 12.4 Å². The molecular formula is C17H26ClNO2. The van der Waals surface area contributed by atoms with Crippen LogP contribution in [0.4, 0.5) is 0 Å². The van der Waals surface area contributed by atoms with Crippen molar-refractivity contribution in [3.05, 3.63) is 28.8 Å². The molecule has 1 aromatic carbocycles. The smallest absolute Gasteiger partial charge is 0.138 e. The molecule has 1 saturated heterocycles. The number of aryl methyl sites for hydroxylation is 1. The van der Waals surface area contributed by atoms with Gasteiger partial charge in [-0.05, 0) is 49.9 Å². The van der Waals surface area contributed by atoms with Crippen LogP contribution >= 0.6 is 11.6 Å². The first-order valence-corrected chi connectivity index (χ1v) is 8.22. The molecule has 4 heteroatoms. The Hall–Kier alpha value is -0.770. The molecule has 3 nitrogen and oxygen atoms in total. The predicted octanol–water partition coefficient (Wildman–Crippen LogP) is 3.78. The van der Waals surface area contributed by atoms with Crippen molar-refractivity contribution in [2.24, 2.45) is 5.92 Å². The Bertz CT molecular complexity index is 439. The van der Waals surface area contributed by atoms with Crippen LogP contribution in [0.5, 0.6) is 5.75 Å². The maximum atomic E-state index is 6.08. The van der Waals surface area contributed by atoms with Crippen LogP contribution in [0, 0.1) is 12.8 Å². The fourth-order valence-electron chi connectivity index (χ4n) is 2.72. The molecule has 0 aliphatic carbocycles. The Labute approximate surface area is 133 Å². The van der Waals surface area contributed by atoms with Gasteiger partial charge in [-0.15, -0.1) is 0 Å². The number of nitrogens with zero attached hydrogens (tertiary/aromatic N) is 1. The normalized spacial score (nSPS) is 19.7. The highest BCUT2D eigenvalue weighted by Gasteiger charge is 2.15. The van der Waals surface area contributed by atoms with Crippen molar-refractivity contribution < 1.29 is 9.47 Å². The van der Waals surface area contributed by atoms with Crippen LogP contribution in [0.15, 0.2) is 18.2 Å². The molecule has 0 spiro atoms. The molecule has 0 bridgehead atoms. The van der Waals surface area contributed by atoms with Crippen molar-refractivity contribution >= 4 is 11.6 Å². The van der Waals surface area contributed by atoms with Gasteiger partial charge >= 0.3 is 0 Å². The van der Waals surface area contributed by atoms with E-state index in [0.29, 0.717) is 18.2 Å². The topological polar surface area (TPSA) is 21.7 Å². The van der Waals surface area contributed by atoms with Crippen molar-refractivity contribution in [3.63, 3.8) is 0 Å². The quantitative estimate of drug-likeness (QED) is 0.715. The van der Waals surface area contributed by atoms with Crippen LogP contribution in [-0.4, -0.2) is 44.4 Å². The van der Waals surface area contributed by atoms with E-state index >= 15 is 0 Å². The van der Waals surface area contributed by atoms with Gasteiger partial charge in [0.15, 0.2) is 0 Å². The minimum Gasteiger partial charge on any atom is -0.490 e.